The molecule has 3 heterocycles. The number of thiophene rings is 1. The topological polar surface area (TPSA) is 43.3 Å². The summed E-state index contributed by atoms with van der Waals surface area (Å²) in [5.41, 5.74) is 2.86. The van der Waals surface area contributed by atoms with Gasteiger partial charge in [0.25, 0.3) is 0 Å². The highest BCUT2D eigenvalue weighted by molar-refractivity contribution is 7.10. The number of hydrogen-bond donors (Lipinski definition) is 0. The van der Waals surface area contributed by atoms with Crippen molar-refractivity contribution in [2.75, 3.05) is 14.2 Å². The van der Waals surface area contributed by atoms with Gasteiger partial charge in [-0.05, 0) is 41.8 Å². The van der Waals surface area contributed by atoms with Crippen molar-refractivity contribution in [1.82, 2.24) is 5.01 Å². The number of methoxy groups -OCH3 is 2. The van der Waals surface area contributed by atoms with E-state index in [-0.39, 0.29) is 12.3 Å². The van der Waals surface area contributed by atoms with Gasteiger partial charge < -0.3 is 14.2 Å². The first kappa shape index (κ1) is 19.5. The molecule has 0 fully saturated rings. The molecule has 0 bridgehead atoms. The Kier molecular flexibility index (Phi) is 5.01. The lowest BCUT2D eigenvalue weighted by atomic mass is 9.96. The molecule has 0 N–H and O–H groups in total. The van der Waals surface area contributed by atoms with Gasteiger partial charge in [-0.2, -0.15) is 5.10 Å². The Hall–Kier alpha value is -2.41. The van der Waals surface area contributed by atoms with Gasteiger partial charge in [0.05, 0.1) is 35.9 Å². The van der Waals surface area contributed by atoms with E-state index in [1.54, 1.807) is 31.6 Å². The van der Waals surface area contributed by atoms with Crippen molar-refractivity contribution in [3.63, 3.8) is 0 Å². The molecule has 5 nitrogen and oxygen atoms in total. The summed E-state index contributed by atoms with van der Waals surface area (Å²) in [5, 5.41) is 10.1. The van der Waals surface area contributed by atoms with Crippen LogP contribution in [0.15, 0.2) is 52.9 Å². The molecule has 0 unspecified atom stereocenters. The molecule has 0 saturated heterocycles. The van der Waals surface area contributed by atoms with Crippen LogP contribution in [-0.4, -0.2) is 24.9 Å². The molecule has 2 aliphatic heterocycles. The van der Waals surface area contributed by atoms with Crippen LogP contribution in [0.25, 0.3) is 0 Å². The van der Waals surface area contributed by atoms with Gasteiger partial charge in [0.2, 0.25) is 6.23 Å². The van der Waals surface area contributed by atoms with E-state index in [0.29, 0.717) is 33.7 Å². The van der Waals surface area contributed by atoms with Crippen LogP contribution in [0.5, 0.6) is 17.2 Å². The van der Waals surface area contributed by atoms with E-state index in [9.17, 15) is 0 Å². The van der Waals surface area contributed by atoms with Crippen LogP contribution in [0, 0.1) is 0 Å². The number of hydrogen-bond acceptors (Lipinski definition) is 6. The maximum atomic E-state index is 6.50. The van der Waals surface area contributed by atoms with Gasteiger partial charge >= 0.3 is 0 Å². The monoisotopic (exact) mass is 460 g/mol. The van der Waals surface area contributed by atoms with Crippen molar-refractivity contribution in [2.45, 2.75) is 18.7 Å². The molecular weight excluding hydrogens is 443 g/mol. The molecule has 0 radical (unpaired) electrons. The van der Waals surface area contributed by atoms with Gasteiger partial charge in [-0.3, -0.25) is 0 Å². The van der Waals surface area contributed by atoms with Gasteiger partial charge in [0, 0.05) is 22.6 Å². The van der Waals surface area contributed by atoms with E-state index in [1.807, 2.05) is 46.8 Å². The average Bonchev–Trinajstić information content (AvgIpc) is 3.43. The van der Waals surface area contributed by atoms with Crippen molar-refractivity contribution >= 4 is 40.3 Å². The quantitative estimate of drug-likeness (QED) is 0.457. The number of rotatable bonds is 4. The summed E-state index contributed by atoms with van der Waals surface area (Å²) < 4.78 is 17.2. The van der Waals surface area contributed by atoms with Gasteiger partial charge in [0.15, 0.2) is 11.5 Å². The zero-order valence-corrected chi connectivity index (χ0v) is 18.6. The lowest BCUT2D eigenvalue weighted by Gasteiger charge is -2.38. The van der Waals surface area contributed by atoms with Gasteiger partial charge in [-0.15, -0.1) is 11.3 Å². The predicted molar refractivity (Wildman–Crippen MR) is 119 cm³/mol. The van der Waals surface area contributed by atoms with Crippen LogP contribution in [-0.2, 0) is 0 Å². The number of fused-ring (bicyclic) bond motifs is 3. The van der Waals surface area contributed by atoms with E-state index < -0.39 is 0 Å². The molecule has 0 spiro atoms. The van der Waals surface area contributed by atoms with E-state index in [2.05, 4.69) is 0 Å². The molecule has 5 rings (SSSR count). The molecule has 0 saturated carbocycles. The first-order chi connectivity index (χ1) is 14.6. The molecule has 0 aliphatic carbocycles. The maximum absolute atomic E-state index is 6.50. The summed E-state index contributed by atoms with van der Waals surface area (Å²) in [4.78, 5) is 1.06. The molecule has 1 aromatic heterocycles. The average molecular weight is 461 g/mol. The summed E-state index contributed by atoms with van der Waals surface area (Å²) in [6.45, 7) is 0. The third-order valence-electron chi connectivity index (χ3n) is 5.31. The first-order valence-corrected chi connectivity index (χ1v) is 11.0. The SMILES string of the molecule is COc1ccc(C2=NN3[C@H](C2)c2cc(Cl)cc(Cl)c2O[C@@H]3c2cccs2)cc1OC. The minimum absolute atomic E-state index is 0.0276. The fourth-order valence-electron chi connectivity index (χ4n) is 3.92. The van der Waals surface area contributed by atoms with Crippen LogP contribution in [0.2, 0.25) is 10.0 Å². The third kappa shape index (κ3) is 3.20. The molecule has 2 aliphatic rings. The molecule has 30 heavy (non-hydrogen) atoms. The van der Waals surface area contributed by atoms with Crippen LogP contribution >= 0.6 is 34.5 Å². The molecule has 8 heteroatoms. The van der Waals surface area contributed by atoms with Crippen LogP contribution in [0.1, 0.15) is 34.7 Å². The normalized spacial score (nSPS) is 19.6. The molecule has 2 atom stereocenters. The summed E-state index contributed by atoms with van der Waals surface area (Å²) in [6.07, 6.45) is 0.350. The number of nitrogens with zero attached hydrogens (tertiary/aromatic N) is 2. The highest BCUT2D eigenvalue weighted by Crippen LogP contribution is 2.51. The van der Waals surface area contributed by atoms with Gasteiger partial charge in [-0.25, -0.2) is 5.01 Å². The zero-order chi connectivity index (χ0) is 20.8. The Labute approximate surface area is 188 Å². The second kappa shape index (κ2) is 7.69. The minimum Gasteiger partial charge on any atom is -0.493 e. The van der Waals surface area contributed by atoms with Crippen LogP contribution in [0.3, 0.4) is 0 Å². The fraction of sp³-hybridized carbons (Fsp3) is 0.227. The lowest BCUT2D eigenvalue weighted by molar-refractivity contribution is -0.0165. The number of benzene rings is 2. The Bertz CT molecular complexity index is 1130. The Morgan fingerprint density at radius 1 is 1.10 bits per heavy atom. The van der Waals surface area contributed by atoms with E-state index in [1.165, 1.54) is 0 Å². The van der Waals surface area contributed by atoms with E-state index >= 15 is 0 Å². The molecule has 0 amide bonds. The number of ether oxygens (including phenoxy) is 3. The molecular formula is C22H18Cl2N2O3S. The molecule has 2 aromatic carbocycles. The van der Waals surface area contributed by atoms with Crippen molar-refractivity contribution in [3.05, 3.63) is 73.9 Å². The maximum Gasteiger partial charge on any atom is 0.223 e. The predicted octanol–water partition coefficient (Wildman–Crippen LogP) is 6.31. The lowest BCUT2D eigenvalue weighted by Crippen LogP contribution is -2.33. The van der Waals surface area contributed by atoms with Crippen LogP contribution in [0.4, 0.5) is 0 Å². The highest BCUT2D eigenvalue weighted by Gasteiger charge is 2.42. The number of halogens is 2. The second-order valence-corrected chi connectivity index (χ2v) is 8.83. The Balaban J connectivity index is 1.60. The largest absolute Gasteiger partial charge is 0.493 e. The first-order valence-electron chi connectivity index (χ1n) is 9.36. The Morgan fingerprint density at radius 2 is 1.93 bits per heavy atom. The summed E-state index contributed by atoms with van der Waals surface area (Å²) in [6, 6.07) is 13.5. The number of hydrazone groups is 1. The fourth-order valence-corrected chi connectivity index (χ4v) is 5.22. The molecule has 154 valence electrons. The Morgan fingerprint density at radius 3 is 2.67 bits per heavy atom. The highest BCUT2D eigenvalue weighted by atomic mass is 35.5. The van der Waals surface area contributed by atoms with Crippen molar-refractivity contribution in [3.8, 4) is 17.2 Å². The molecule has 3 aromatic rings. The minimum atomic E-state index is -0.348. The van der Waals surface area contributed by atoms with Crippen molar-refractivity contribution in [1.29, 1.82) is 0 Å². The van der Waals surface area contributed by atoms with E-state index in [4.69, 9.17) is 42.5 Å². The van der Waals surface area contributed by atoms with Gasteiger partial charge in [0.1, 0.15) is 5.75 Å². The summed E-state index contributed by atoms with van der Waals surface area (Å²) in [7, 11) is 3.25. The smallest absolute Gasteiger partial charge is 0.223 e. The van der Waals surface area contributed by atoms with E-state index in [0.717, 1.165) is 21.7 Å². The summed E-state index contributed by atoms with van der Waals surface area (Å²) in [5.74, 6) is 2.02. The zero-order valence-electron chi connectivity index (χ0n) is 16.3. The summed E-state index contributed by atoms with van der Waals surface area (Å²) >= 11 is 14.4. The van der Waals surface area contributed by atoms with Crippen LogP contribution < -0.4 is 14.2 Å². The second-order valence-electron chi connectivity index (χ2n) is 7.01. The third-order valence-corrected chi connectivity index (χ3v) is 6.71. The van der Waals surface area contributed by atoms with Gasteiger partial charge in [-0.1, -0.05) is 29.3 Å². The standard InChI is InChI=1S/C22H18Cl2N2O3S/c1-27-18-6-5-12(8-19(18)28-2)16-11-17-14-9-13(23)10-15(24)21(14)29-22(26(17)25-16)20-4-3-7-30-20/h3-10,17,22H,11H2,1-2H3/t17-,22-/m1/s1. The van der Waals surface area contributed by atoms with Crippen molar-refractivity contribution in [2.24, 2.45) is 5.10 Å². The van der Waals surface area contributed by atoms with Crippen molar-refractivity contribution < 1.29 is 14.2 Å².